The molecule has 7 rings (SSSR count). The van der Waals surface area contributed by atoms with Crippen molar-refractivity contribution in [3.05, 3.63) is 103 Å². The monoisotopic (exact) mass is 676 g/mol. The molecule has 14 heteroatoms. The number of benzene rings is 2. The second kappa shape index (κ2) is 14.5. The van der Waals surface area contributed by atoms with Gasteiger partial charge in [-0.05, 0) is 36.1 Å². The summed E-state index contributed by atoms with van der Waals surface area (Å²) in [6, 6.07) is 22.4. The average Bonchev–Trinajstić information content (AvgIpc) is 3.84. The fourth-order valence-electron chi connectivity index (χ4n) is 6.95. The molecule has 2 fully saturated rings. The summed E-state index contributed by atoms with van der Waals surface area (Å²) in [4.78, 5) is 45.2. The Morgan fingerprint density at radius 2 is 1.68 bits per heavy atom. The van der Waals surface area contributed by atoms with Crippen molar-refractivity contribution in [2.75, 3.05) is 35.2 Å². The summed E-state index contributed by atoms with van der Waals surface area (Å²) in [6.45, 7) is 2.98. The van der Waals surface area contributed by atoms with Crippen molar-refractivity contribution in [1.29, 1.82) is 0 Å². The number of nitrogens with zero attached hydrogens (tertiary/aromatic N) is 6. The number of aromatic nitrogens is 5. The van der Waals surface area contributed by atoms with Crippen molar-refractivity contribution in [1.82, 2.24) is 35.1 Å². The molecule has 1 saturated carbocycles. The van der Waals surface area contributed by atoms with Crippen LogP contribution >= 0.6 is 0 Å². The van der Waals surface area contributed by atoms with Crippen LogP contribution in [0.4, 0.5) is 22.2 Å². The fourth-order valence-corrected chi connectivity index (χ4v) is 6.95. The Balaban J connectivity index is 1.19. The summed E-state index contributed by atoms with van der Waals surface area (Å²) in [5.41, 5.74) is 3.89. The van der Waals surface area contributed by atoms with Crippen LogP contribution in [0.1, 0.15) is 42.9 Å². The number of hydrogen-bond donors (Lipinski definition) is 6. The standard InChI is InChI=1S/C36H40N10O4/c1-22(47)40-28-17-29(32(49)31(28)48)46-21-39-30-33(38-19-27(23-9-4-2-5-10-23)24-11-6-3-7-12-24)43-35(44-34(30)46)45-16-14-26(20-45)42-36(50)41-25-13-8-15-37-18-25/h2-13,15,18,21,26-29,31-32,48-49H,14,16-17,19-20H2,1H3,(H,40,47)(H,38,43,44)(H2,41,42,50)/t26?,28-,29+,31+,32-/m0/s1. The molecule has 0 radical (unpaired) electrons. The molecule has 50 heavy (non-hydrogen) atoms. The summed E-state index contributed by atoms with van der Waals surface area (Å²) < 4.78 is 1.76. The van der Waals surface area contributed by atoms with Crippen molar-refractivity contribution in [2.24, 2.45) is 0 Å². The Kier molecular flexibility index (Phi) is 9.54. The van der Waals surface area contributed by atoms with Crippen LogP contribution in [0, 0.1) is 0 Å². The van der Waals surface area contributed by atoms with E-state index in [4.69, 9.17) is 15.0 Å². The minimum Gasteiger partial charge on any atom is -0.388 e. The highest BCUT2D eigenvalue weighted by atomic mass is 16.3. The molecule has 1 aliphatic carbocycles. The minimum atomic E-state index is -1.15. The lowest BCUT2D eigenvalue weighted by atomic mass is 9.91. The Bertz CT molecular complexity index is 1890. The van der Waals surface area contributed by atoms with E-state index in [-0.39, 0.29) is 23.9 Å². The van der Waals surface area contributed by atoms with E-state index >= 15 is 0 Å². The zero-order valence-corrected chi connectivity index (χ0v) is 27.6. The van der Waals surface area contributed by atoms with Crippen LogP contribution in [0.25, 0.3) is 11.2 Å². The third-order valence-electron chi connectivity index (χ3n) is 9.41. The first kappa shape index (κ1) is 32.9. The van der Waals surface area contributed by atoms with Crippen LogP contribution in [-0.4, -0.2) is 90.6 Å². The van der Waals surface area contributed by atoms with Gasteiger partial charge in [0, 0.05) is 44.7 Å². The summed E-state index contributed by atoms with van der Waals surface area (Å²) in [5.74, 6) is 0.696. The number of carbonyl (C=O) groups is 2. The van der Waals surface area contributed by atoms with Gasteiger partial charge in [-0.3, -0.25) is 9.78 Å². The predicted octanol–water partition coefficient (Wildman–Crippen LogP) is 3.04. The van der Waals surface area contributed by atoms with Gasteiger partial charge in [-0.15, -0.1) is 0 Å². The van der Waals surface area contributed by atoms with Gasteiger partial charge < -0.3 is 40.9 Å². The number of fused-ring (bicyclic) bond motifs is 1. The fraction of sp³-hybridized carbons (Fsp3) is 0.333. The summed E-state index contributed by atoms with van der Waals surface area (Å²) in [6.07, 6.45) is 3.50. The molecule has 258 valence electrons. The highest BCUT2D eigenvalue weighted by Gasteiger charge is 2.43. The molecule has 0 spiro atoms. The van der Waals surface area contributed by atoms with Crippen LogP contribution in [0.15, 0.2) is 91.5 Å². The summed E-state index contributed by atoms with van der Waals surface area (Å²) in [5, 5.41) is 34.1. The molecule has 2 aromatic carbocycles. The Labute approximate surface area is 289 Å². The van der Waals surface area contributed by atoms with Crippen molar-refractivity contribution < 1.29 is 19.8 Å². The molecule has 1 saturated heterocycles. The molecule has 1 unspecified atom stereocenters. The molecule has 5 aromatic rings. The number of aliphatic hydroxyl groups is 2. The molecule has 2 aliphatic rings. The number of carbonyl (C=O) groups excluding carboxylic acids is 2. The van der Waals surface area contributed by atoms with Crippen LogP contribution < -0.4 is 26.2 Å². The number of imidazole rings is 1. The maximum Gasteiger partial charge on any atom is 0.319 e. The predicted molar refractivity (Wildman–Crippen MR) is 189 cm³/mol. The molecule has 6 N–H and O–H groups in total. The number of pyridine rings is 1. The number of amides is 3. The quantitative estimate of drug-likeness (QED) is 0.129. The molecular formula is C36H40N10O4. The first-order valence-electron chi connectivity index (χ1n) is 16.8. The molecule has 4 heterocycles. The molecule has 3 aromatic heterocycles. The van der Waals surface area contributed by atoms with Gasteiger partial charge in [-0.1, -0.05) is 60.7 Å². The maximum absolute atomic E-state index is 12.7. The Hall–Kier alpha value is -5.60. The van der Waals surface area contributed by atoms with E-state index in [9.17, 15) is 19.8 Å². The lowest BCUT2D eigenvalue weighted by molar-refractivity contribution is -0.120. The molecule has 14 nitrogen and oxygen atoms in total. The summed E-state index contributed by atoms with van der Waals surface area (Å²) in [7, 11) is 0. The van der Waals surface area contributed by atoms with Crippen LogP contribution in [0.2, 0.25) is 0 Å². The zero-order chi connectivity index (χ0) is 34.6. The Morgan fingerprint density at radius 1 is 0.940 bits per heavy atom. The van der Waals surface area contributed by atoms with Gasteiger partial charge >= 0.3 is 6.03 Å². The van der Waals surface area contributed by atoms with Gasteiger partial charge in [0.1, 0.15) is 12.2 Å². The highest BCUT2D eigenvalue weighted by molar-refractivity contribution is 5.89. The second-order valence-electron chi connectivity index (χ2n) is 12.8. The van der Waals surface area contributed by atoms with Gasteiger partial charge in [0.15, 0.2) is 17.0 Å². The minimum absolute atomic E-state index is 0.0110. The van der Waals surface area contributed by atoms with E-state index in [1.807, 2.05) is 41.3 Å². The third-order valence-corrected chi connectivity index (χ3v) is 9.41. The molecule has 0 bridgehead atoms. The number of aliphatic hydroxyl groups excluding tert-OH is 2. The highest BCUT2D eigenvalue weighted by Crippen LogP contribution is 2.35. The smallest absolute Gasteiger partial charge is 0.319 e. The normalized spacial score (nSPS) is 21.8. The van der Waals surface area contributed by atoms with E-state index < -0.39 is 24.3 Å². The van der Waals surface area contributed by atoms with E-state index in [1.165, 1.54) is 6.92 Å². The van der Waals surface area contributed by atoms with E-state index in [0.29, 0.717) is 61.1 Å². The number of hydrogen-bond acceptors (Lipinski definition) is 10. The third kappa shape index (κ3) is 7.07. The molecule has 1 aliphatic heterocycles. The lowest BCUT2D eigenvalue weighted by Crippen LogP contribution is -2.42. The van der Waals surface area contributed by atoms with Crippen LogP contribution in [-0.2, 0) is 4.79 Å². The summed E-state index contributed by atoms with van der Waals surface area (Å²) >= 11 is 0. The van der Waals surface area contributed by atoms with Gasteiger partial charge in [0.05, 0.1) is 30.3 Å². The number of urea groups is 1. The molecule has 3 amide bonds. The molecule has 5 atom stereocenters. The topological polar surface area (TPSA) is 182 Å². The number of nitrogens with one attached hydrogen (secondary N) is 4. The number of anilines is 3. The van der Waals surface area contributed by atoms with E-state index in [1.54, 1.807) is 35.4 Å². The van der Waals surface area contributed by atoms with Crippen molar-refractivity contribution in [3.8, 4) is 0 Å². The zero-order valence-electron chi connectivity index (χ0n) is 27.6. The van der Waals surface area contributed by atoms with Gasteiger partial charge in [0.25, 0.3) is 0 Å². The lowest BCUT2D eigenvalue weighted by Gasteiger charge is -2.22. The Morgan fingerprint density at radius 3 is 2.36 bits per heavy atom. The van der Waals surface area contributed by atoms with Crippen LogP contribution in [0.3, 0.4) is 0 Å². The van der Waals surface area contributed by atoms with Crippen LogP contribution in [0.5, 0.6) is 0 Å². The maximum atomic E-state index is 12.7. The van der Waals surface area contributed by atoms with Gasteiger partial charge in [-0.25, -0.2) is 9.78 Å². The van der Waals surface area contributed by atoms with Gasteiger partial charge in [0.2, 0.25) is 11.9 Å². The van der Waals surface area contributed by atoms with Crippen molar-refractivity contribution in [3.63, 3.8) is 0 Å². The van der Waals surface area contributed by atoms with E-state index in [0.717, 1.165) is 11.1 Å². The first-order valence-corrected chi connectivity index (χ1v) is 16.8. The van der Waals surface area contributed by atoms with Crippen molar-refractivity contribution >= 4 is 40.6 Å². The average molecular weight is 677 g/mol. The second-order valence-corrected chi connectivity index (χ2v) is 12.8. The van der Waals surface area contributed by atoms with Crippen molar-refractivity contribution in [2.45, 2.75) is 56.0 Å². The van der Waals surface area contributed by atoms with Gasteiger partial charge in [-0.2, -0.15) is 9.97 Å². The molecular weight excluding hydrogens is 636 g/mol. The number of rotatable bonds is 10. The first-order chi connectivity index (χ1) is 24.3. The SMILES string of the molecule is CC(=O)N[C@H]1C[C@@H](n2cnc3c(NCC(c4ccccc4)c4ccccc4)nc(N4CCC(NC(=O)Nc5cccnc5)C4)nc32)[C@H](O)[C@@H]1O. The van der Waals surface area contributed by atoms with E-state index in [2.05, 4.69) is 50.5 Å². The largest absolute Gasteiger partial charge is 0.388 e.